The molecule has 0 fully saturated rings. The molecule has 0 amide bonds. The minimum absolute atomic E-state index is 0.0830. The average Bonchev–Trinajstić information content (AvgIpc) is 2.22. The number of benzene rings is 1. The van der Waals surface area contributed by atoms with E-state index in [2.05, 4.69) is 5.32 Å². The maximum absolute atomic E-state index is 13.6. The number of anilines is 1. The Morgan fingerprint density at radius 1 is 1.35 bits per heavy atom. The lowest BCUT2D eigenvalue weighted by Crippen LogP contribution is -2.42. The van der Waals surface area contributed by atoms with Gasteiger partial charge in [-0.25, -0.2) is 8.78 Å². The molecule has 0 aliphatic carbocycles. The monoisotopic (exact) mass is 240 g/mol. The van der Waals surface area contributed by atoms with Crippen molar-refractivity contribution in [3.05, 3.63) is 29.3 Å². The van der Waals surface area contributed by atoms with Crippen molar-refractivity contribution in [1.82, 2.24) is 0 Å². The van der Waals surface area contributed by atoms with Gasteiger partial charge in [0.05, 0.1) is 23.3 Å². The zero-order chi connectivity index (χ0) is 13.2. The Kier molecular flexibility index (Phi) is 3.69. The Hall–Kier alpha value is -1.67. The van der Waals surface area contributed by atoms with Crippen LogP contribution >= 0.6 is 0 Å². The first kappa shape index (κ1) is 13.4. The van der Waals surface area contributed by atoms with Crippen molar-refractivity contribution in [3.63, 3.8) is 0 Å². The van der Waals surface area contributed by atoms with E-state index < -0.39 is 23.3 Å². The predicted octanol–water partition coefficient (Wildman–Crippen LogP) is 2.41. The van der Waals surface area contributed by atoms with Gasteiger partial charge in [0, 0.05) is 0 Å². The van der Waals surface area contributed by atoms with Gasteiger partial charge >= 0.3 is 0 Å². The number of nitrogens with one attached hydrogen (secondary N) is 1. The molecule has 0 heterocycles. The number of halogens is 2. The zero-order valence-electron chi connectivity index (χ0n) is 9.88. The zero-order valence-corrected chi connectivity index (χ0v) is 9.88. The minimum Gasteiger partial charge on any atom is -0.391 e. The lowest BCUT2D eigenvalue weighted by Gasteiger charge is -2.30. The first-order chi connectivity index (χ1) is 7.77. The first-order valence-electron chi connectivity index (χ1n) is 5.13. The van der Waals surface area contributed by atoms with Crippen LogP contribution in [0.1, 0.15) is 26.3 Å². The highest BCUT2D eigenvalue weighted by Crippen LogP contribution is 2.25. The average molecular weight is 240 g/mol. The van der Waals surface area contributed by atoms with Crippen molar-refractivity contribution in [2.24, 2.45) is 0 Å². The maximum atomic E-state index is 13.6. The molecule has 0 radical (unpaired) electrons. The summed E-state index contributed by atoms with van der Waals surface area (Å²) in [6, 6.07) is 3.56. The van der Waals surface area contributed by atoms with Crippen LogP contribution in [0, 0.1) is 23.0 Å². The van der Waals surface area contributed by atoms with E-state index in [1.54, 1.807) is 19.9 Å². The third kappa shape index (κ3) is 2.92. The normalized spacial score (nSPS) is 13.0. The maximum Gasteiger partial charge on any atom is 0.150 e. The van der Waals surface area contributed by atoms with E-state index in [0.29, 0.717) is 0 Å². The molecular weight excluding hydrogens is 226 g/mol. The highest BCUT2D eigenvalue weighted by molar-refractivity contribution is 5.52. The summed E-state index contributed by atoms with van der Waals surface area (Å²) in [5.41, 5.74) is -1.30. The molecule has 3 nitrogen and oxygen atoms in total. The van der Waals surface area contributed by atoms with Crippen LogP contribution in [0.4, 0.5) is 14.5 Å². The summed E-state index contributed by atoms with van der Waals surface area (Å²) >= 11 is 0. The first-order valence-corrected chi connectivity index (χ1v) is 5.13. The van der Waals surface area contributed by atoms with Gasteiger partial charge in [-0.1, -0.05) is 0 Å². The molecule has 1 atom stereocenters. The van der Waals surface area contributed by atoms with Crippen molar-refractivity contribution in [2.45, 2.75) is 32.4 Å². The van der Waals surface area contributed by atoms with Gasteiger partial charge in [0.1, 0.15) is 5.69 Å². The van der Waals surface area contributed by atoms with Crippen molar-refractivity contribution in [3.8, 4) is 6.07 Å². The summed E-state index contributed by atoms with van der Waals surface area (Å²) in [6.45, 7) is 4.76. The quantitative estimate of drug-likeness (QED) is 0.853. The van der Waals surface area contributed by atoms with Gasteiger partial charge in [-0.2, -0.15) is 5.26 Å². The third-order valence-corrected chi connectivity index (χ3v) is 2.66. The fourth-order valence-corrected chi connectivity index (χ4v) is 1.18. The van der Waals surface area contributed by atoms with E-state index in [1.165, 1.54) is 6.92 Å². The Bertz CT molecular complexity index is 441. The van der Waals surface area contributed by atoms with Gasteiger partial charge in [-0.3, -0.25) is 0 Å². The summed E-state index contributed by atoms with van der Waals surface area (Å²) in [4.78, 5) is 0. The predicted molar refractivity (Wildman–Crippen MR) is 60.5 cm³/mol. The summed E-state index contributed by atoms with van der Waals surface area (Å²) < 4.78 is 27.1. The number of nitriles is 1. The van der Waals surface area contributed by atoms with Crippen LogP contribution in [0.3, 0.4) is 0 Å². The van der Waals surface area contributed by atoms with Crippen LogP contribution in [0.15, 0.2) is 12.1 Å². The molecule has 1 aromatic carbocycles. The van der Waals surface area contributed by atoms with Gasteiger partial charge < -0.3 is 10.4 Å². The summed E-state index contributed by atoms with van der Waals surface area (Å²) in [5, 5.41) is 20.6. The lowest BCUT2D eigenvalue weighted by molar-refractivity contribution is 0.132. The number of hydrogen-bond donors (Lipinski definition) is 2. The molecule has 0 saturated heterocycles. The molecule has 2 N–H and O–H groups in total. The number of aliphatic hydroxyl groups excluding tert-OH is 1. The van der Waals surface area contributed by atoms with E-state index in [1.807, 2.05) is 0 Å². The van der Waals surface area contributed by atoms with Crippen molar-refractivity contribution in [1.29, 1.82) is 5.26 Å². The molecule has 0 aliphatic rings. The molecule has 0 aliphatic heterocycles. The number of aliphatic hydroxyl groups is 1. The largest absolute Gasteiger partial charge is 0.391 e. The Morgan fingerprint density at radius 2 is 1.82 bits per heavy atom. The SMILES string of the molecule is CC(O)C(C)(C)Nc1c(F)cc(C#N)cc1F. The second-order valence-electron chi connectivity index (χ2n) is 4.45. The highest BCUT2D eigenvalue weighted by atomic mass is 19.1. The second kappa shape index (κ2) is 4.68. The van der Waals surface area contributed by atoms with Crippen LogP contribution in [0.2, 0.25) is 0 Å². The molecule has 0 spiro atoms. The summed E-state index contributed by atoms with van der Waals surface area (Å²) in [6.07, 6.45) is -0.794. The molecule has 92 valence electrons. The Balaban J connectivity index is 3.13. The molecule has 1 aromatic rings. The van der Waals surface area contributed by atoms with E-state index >= 15 is 0 Å². The molecular formula is C12H14F2N2O. The molecule has 1 unspecified atom stereocenters. The van der Waals surface area contributed by atoms with Gasteiger partial charge in [0.25, 0.3) is 0 Å². The standard InChI is InChI=1S/C12H14F2N2O/c1-7(17)12(2,3)16-11-9(13)4-8(6-15)5-10(11)14/h4-5,7,16-17H,1-3H3. The second-order valence-corrected chi connectivity index (χ2v) is 4.45. The molecule has 5 heteroatoms. The van der Waals surface area contributed by atoms with Crippen LogP contribution < -0.4 is 5.32 Å². The fraction of sp³-hybridized carbons (Fsp3) is 0.417. The van der Waals surface area contributed by atoms with E-state index in [-0.39, 0.29) is 11.3 Å². The molecule has 0 saturated carbocycles. The molecule has 1 rings (SSSR count). The number of nitrogens with zero attached hydrogens (tertiary/aromatic N) is 1. The van der Waals surface area contributed by atoms with Gasteiger partial charge in [0.15, 0.2) is 11.6 Å². The fourth-order valence-electron chi connectivity index (χ4n) is 1.18. The van der Waals surface area contributed by atoms with Crippen molar-refractivity contribution in [2.75, 3.05) is 5.32 Å². The number of rotatable bonds is 3. The van der Waals surface area contributed by atoms with Crippen LogP contribution in [0.5, 0.6) is 0 Å². The van der Waals surface area contributed by atoms with Crippen LogP contribution in [-0.2, 0) is 0 Å². The molecule has 17 heavy (non-hydrogen) atoms. The minimum atomic E-state index is -0.879. The topological polar surface area (TPSA) is 56.0 Å². The van der Waals surface area contributed by atoms with Gasteiger partial charge in [0.2, 0.25) is 0 Å². The van der Waals surface area contributed by atoms with Crippen LogP contribution in [-0.4, -0.2) is 16.7 Å². The smallest absolute Gasteiger partial charge is 0.150 e. The highest BCUT2D eigenvalue weighted by Gasteiger charge is 2.26. The van der Waals surface area contributed by atoms with E-state index in [0.717, 1.165) is 12.1 Å². The lowest BCUT2D eigenvalue weighted by atomic mass is 9.98. The van der Waals surface area contributed by atoms with E-state index in [4.69, 9.17) is 5.26 Å². The molecule has 0 aromatic heterocycles. The van der Waals surface area contributed by atoms with E-state index in [9.17, 15) is 13.9 Å². The Labute approximate surface area is 98.7 Å². The summed E-state index contributed by atoms with van der Waals surface area (Å²) in [7, 11) is 0. The van der Waals surface area contributed by atoms with Crippen molar-refractivity contribution >= 4 is 5.69 Å². The number of hydrogen-bond acceptors (Lipinski definition) is 3. The van der Waals surface area contributed by atoms with Gasteiger partial charge in [-0.15, -0.1) is 0 Å². The summed E-state index contributed by atoms with van der Waals surface area (Å²) in [5.74, 6) is -1.70. The van der Waals surface area contributed by atoms with Crippen LogP contribution in [0.25, 0.3) is 0 Å². The Morgan fingerprint density at radius 3 is 2.18 bits per heavy atom. The molecule has 0 bridgehead atoms. The third-order valence-electron chi connectivity index (χ3n) is 2.66. The van der Waals surface area contributed by atoms with Crippen molar-refractivity contribution < 1.29 is 13.9 Å². The van der Waals surface area contributed by atoms with Gasteiger partial charge in [-0.05, 0) is 32.9 Å².